The zero-order valence-electron chi connectivity index (χ0n) is 12.7. The second-order valence-electron chi connectivity index (χ2n) is 5.20. The summed E-state index contributed by atoms with van der Waals surface area (Å²) in [6.07, 6.45) is 0. The fourth-order valence-corrected chi connectivity index (χ4v) is 2.48. The Bertz CT molecular complexity index is 836. The molecule has 0 heterocycles. The van der Waals surface area contributed by atoms with Crippen molar-refractivity contribution in [2.45, 2.75) is 0 Å². The third-order valence-electron chi connectivity index (χ3n) is 3.55. The van der Waals surface area contributed by atoms with Crippen LogP contribution in [0.25, 0.3) is 0 Å². The summed E-state index contributed by atoms with van der Waals surface area (Å²) in [5, 5.41) is 12.8. The molecule has 0 spiro atoms. The monoisotopic (exact) mass is 338 g/mol. The largest absolute Gasteiger partial charge is 0.603 e. The number of anilines is 1. The number of hydrogen-bond acceptors (Lipinski definition) is 3. The van der Waals surface area contributed by atoms with E-state index in [4.69, 9.17) is 11.6 Å². The molecule has 1 unspecified atom stereocenters. The van der Waals surface area contributed by atoms with E-state index in [1.807, 2.05) is 18.2 Å². The van der Waals surface area contributed by atoms with Crippen LogP contribution in [0.15, 0.2) is 78.9 Å². The Morgan fingerprint density at radius 3 is 2.21 bits per heavy atom. The van der Waals surface area contributed by atoms with Crippen molar-refractivity contribution in [3.8, 4) is 0 Å². The van der Waals surface area contributed by atoms with Gasteiger partial charge in [0.05, 0.1) is 11.3 Å². The van der Waals surface area contributed by atoms with Crippen LogP contribution in [-0.2, 0) is 0 Å². The number of carbonyl (C=O) groups excluding carboxylic acids is 1. The van der Waals surface area contributed by atoms with Gasteiger partial charge in [0.15, 0.2) is 11.5 Å². The highest BCUT2D eigenvalue weighted by molar-refractivity contribution is 6.30. The Hall–Kier alpha value is -2.66. The zero-order valence-corrected chi connectivity index (χ0v) is 13.5. The lowest BCUT2D eigenvalue weighted by molar-refractivity contribution is -0.749. The van der Waals surface area contributed by atoms with Gasteiger partial charge >= 0.3 is 0 Å². The first-order valence-electron chi connectivity index (χ1n) is 7.41. The number of para-hydroxylation sites is 2. The smallest absolute Gasteiger partial charge is 0.199 e. The Morgan fingerprint density at radius 2 is 1.50 bits per heavy atom. The third kappa shape index (κ3) is 3.63. The molecule has 0 radical (unpaired) electrons. The van der Waals surface area contributed by atoms with Crippen LogP contribution in [0, 0.1) is 5.21 Å². The minimum Gasteiger partial charge on any atom is -0.603 e. The van der Waals surface area contributed by atoms with Gasteiger partial charge in [0.1, 0.15) is 0 Å². The second kappa shape index (κ2) is 7.27. The number of quaternary nitrogens is 1. The molecule has 3 rings (SSSR count). The van der Waals surface area contributed by atoms with Gasteiger partial charge in [-0.15, -0.1) is 0 Å². The Kier molecular flexibility index (Phi) is 4.91. The van der Waals surface area contributed by atoms with E-state index < -0.39 is 0 Å². The molecule has 0 saturated carbocycles. The summed E-state index contributed by atoms with van der Waals surface area (Å²) in [5.41, 5.74) is 4.65. The second-order valence-corrected chi connectivity index (χ2v) is 5.64. The Balaban J connectivity index is 1.90. The fraction of sp³-hybridized carbons (Fsp3) is 0. The first kappa shape index (κ1) is 16.2. The molecule has 5 heteroatoms. The molecule has 2 N–H and O–H groups in total. The van der Waals surface area contributed by atoms with Gasteiger partial charge < -0.3 is 5.21 Å². The predicted octanol–water partition coefficient (Wildman–Crippen LogP) is 3.61. The number of nitrogens with one attached hydrogen (secondary N) is 2. The van der Waals surface area contributed by atoms with Crippen LogP contribution in [-0.4, -0.2) is 5.78 Å². The minimum absolute atomic E-state index is 0.217. The van der Waals surface area contributed by atoms with Crippen LogP contribution in [0.1, 0.15) is 15.9 Å². The number of rotatable bonds is 5. The SMILES string of the molecule is O=C(c1ccc(Cl)cc1)c1ccccc1[NH+]([O-])Nc1ccccc1. The first-order valence-corrected chi connectivity index (χ1v) is 7.78. The van der Waals surface area contributed by atoms with Crippen LogP contribution in [0.3, 0.4) is 0 Å². The van der Waals surface area contributed by atoms with Crippen molar-refractivity contribution < 1.29 is 9.97 Å². The summed E-state index contributed by atoms with van der Waals surface area (Å²) in [4.78, 5) is 12.7. The summed E-state index contributed by atoms with van der Waals surface area (Å²) in [6.45, 7) is 0. The molecule has 0 aliphatic heterocycles. The predicted molar refractivity (Wildman–Crippen MR) is 95.4 cm³/mol. The lowest BCUT2D eigenvalue weighted by atomic mass is 10.0. The normalized spacial score (nSPS) is 11.8. The summed E-state index contributed by atoms with van der Waals surface area (Å²) in [7, 11) is 0. The summed E-state index contributed by atoms with van der Waals surface area (Å²) in [5.74, 6) is -0.217. The van der Waals surface area contributed by atoms with E-state index in [-0.39, 0.29) is 11.0 Å². The molecular formula is C19H15ClN2O2. The molecule has 0 fully saturated rings. The molecule has 0 amide bonds. The summed E-state index contributed by atoms with van der Waals surface area (Å²) < 4.78 is 0. The van der Waals surface area contributed by atoms with Crippen molar-refractivity contribution >= 4 is 28.8 Å². The van der Waals surface area contributed by atoms with Crippen molar-refractivity contribution in [1.82, 2.24) is 0 Å². The van der Waals surface area contributed by atoms with E-state index in [2.05, 4.69) is 5.43 Å². The third-order valence-corrected chi connectivity index (χ3v) is 3.81. The van der Waals surface area contributed by atoms with Crippen LogP contribution in [0.5, 0.6) is 0 Å². The van der Waals surface area contributed by atoms with Crippen LogP contribution >= 0.6 is 11.6 Å². The maximum Gasteiger partial charge on any atom is 0.199 e. The van der Waals surface area contributed by atoms with Gasteiger partial charge in [-0.3, -0.25) is 4.79 Å². The molecule has 4 nitrogen and oxygen atoms in total. The molecule has 3 aromatic rings. The zero-order chi connectivity index (χ0) is 16.9. The van der Waals surface area contributed by atoms with E-state index in [0.29, 0.717) is 27.5 Å². The number of carbonyl (C=O) groups is 1. The minimum atomic E-state index is -0.320. The first-order chi connectivity index (χ1) is 11.6. The van der Waals surface area contributed by atoms with Crippen LogP contribution in [0.2, 0.25) is 5.02 Å². The topological polar surface area (TPSA) is 56.6 Å². The lowest BCUT2D eigenvalue weighted by Crippen LogP contribution is -3.06. The Morgan fingerprint density at radius 1 is 0.875 bits per heavy atom. The van der Waals surface area contributed by atoms with E-state index in [0.717, 1.165) is 0 Å². The van der Waals surface area contributed by atoms with Crippen LogP contribution < -0.4 is 10.6 Å². The molecule has 1 atom stereocenters. The van der Waals surface area contributed by atoms with Gasteiger partial charge in [-0.25, -0.2) is 10.6 Å². The van der Waals surface area contributed by atoms with Gasteiger partial charge in [-0.1, -0.05) is 41.9 Å². The number of hydrogen-bond donors (Lipinski definition) is 2. The van der Waals surface area contributed by atoms with E-state index in [1.54, 1.807) is 60.7 Å². The summed E-state index contributed by atoms with van der Waals surface area (Å²) in [6, 6.07) is 22.5. The molecule has 0 aliphatic carbocycles. The molecule has 24 heavy (non-hydrogen) atoms. The van der Waals surface area contributed by atoms with E-state index in [9.17, 15) is 10.0 Å². The van der Waals surface area contributed by atoms with Gasteiger partial charge in [-0.05, 0) is 42.5 Å². The van der Waals surface area contributed by atoms with Gasteiger partial charge in [0, 0.05) is 16.7 Å². The molecule has 0 aliphatic rings. The van der Waals surface area contributed by atoms with Gasteiger partial charge in [0.25, 0.3) is 0 Å². The summed E-state index contributed by atoms with van der Waals surface area (Å²) >= 11 is 5.86. The highest BCUT2D eigenvalue weighted by Gasteiger charge is 2.18. The molecule has 0 bridgehead atoms. The fourth-order valence-electron chi connectivity index (χ4n) is 2.36. The highest BCUT2D eigenvalue weighted by atomic mass is 35.5. The molecule has 3 aromatic carbocycles. The van der Waals surface area contributed by atoms with Crippen molar-refractivity contribution in [3.05, 3.63) is 100 Å². The molecule has 120 valence electrons. The maximum absolute atomic E-state index is 12.7. The van der Waals surface area contributed by atoms with E-state index in [1.165, 1.54) is 0 Å². The highest BCUT2D eigenvalue weighted by Crippen LogP contribution is 2.18. The molecule has 0 aromatic heterocycles. The van der Waals surface area contributed by atoms with Crippen molar-refractivity contribution in [2.75, 3.05) is 5.43 Å². The standard InChI is InChI=1S/C19H15ClN2O2/c20-15-12-10-14(11-13-15)19(23)17-8-4-5-9-18(17)22(24)21-16-6-2-1-3-7-16/h1-13,21-22H. The Labute approximate surface area is 144 Å². The van der Waals surface area contributed by atoms with Crippen molar-refractivity contribution in [2.24, 2.45) is 0 Å². The van der Waals surface area contributed by atoms with Crippen LogP contribution in [0.4, 0.5) is 11.4 Å². The number of halogens is 1. The quantitative estimate of drug-likeness (QED) is 0.552. The number of benzene rings is 3. The number of ketones is 1. The molecule has 0 saturated heterocycles. The van der Waals surface area contributed by atoms with E-state index >= 15 is 0 Å². The average molecular weight is 339 g/mol. The van der Waals surface area contributed by atoms with Crippen molar-refractivity contribution in [3.63, 3.8) is 0 Å². The van der Waals surface area contributed by atoms with Gasteiger partial charge in [-0.2, -0.15) is 0 Å². The van der Waals surface area contributed by atoms with Crippen molar-refractivity contribution in [1.29, 1.82) is 0 Å². The molecular weight excluding hydrogens is 324 g/mol. The lowest BCUT2D eigenvalue weighted by Gasteiger charge is -2.24. The van der Waals surface area contributed by atoms with Gasteiger partial charge in [0.2, 0.25) is 0 Å². The maximum atomic E-state index is 12.7. The average Bonchev–Trinajstić information content (AvgIpc) is 2.62.